The summed E-state index contributed by atoms with van der Waals surface area (Å²) in [4.78, 5) is 2.46. The molecule has 2 aliphatic heterocycles. The van der Waals surface area contributed by atoms with Gasteiger partial charge in [0.15, 0.2) is 0 Å². The van der Waals surface area contributed by atoms with Gasteiger partial charge in [-0.25, -0.2) is 4.39 Å². The van der Waals surface area contributed by atoms with Gasteiger partial charge in [-0.3, -0.25) is 4.90 Å². The third-order valence-corrected chi connectivity index (χ3v) is 4.32. The highest BCUT2D eigenvalue weighted by molar-refractivity contribution is 5.23. The van der Waals surface area contributed by atoms with Crippen LogP contribution >= 0.6 is 0 Å². The summed E-state index contributed by atoms with van der Waals surface area (Å²) >= 11 is 0. The molecular weight excluding hydrogens is 227 g/mol. The number of fused-ring (bicyclic) bond motifs is 1. The summed E-state index contributed by atoms with van der Waals surface area (Å²) in [6.07, 6.45) is 2.64. The van der Waals surface area contributed by atoms with E-state index < -0.39 is 0 Å². The van der Waals surface area contributed by atoms with Crippen molar-refractivity contribution in [3.8, 4) is 0 Å². The van der Waals surface area contributed by atoms with Crippen LogP contribution in [-0.2, 0) is 6.54 Å². The molecule has 2 aliphatic rings. The Bertz CT molecular complexity index is 419. The average Bonchev–Trinajstić information content (AvgIpc) is 2.76. The molecule has 0 bridgehead atoms. The second-order valence-corrected chi connectivity index (χ2v) is 5.74. The Labute approximate surface area is 108 Å². The molecule has 0 saturated carbocycles. The molecule has 3 heteroatoms. The van der Waals surface area contributed by atoms with Gasteiger partial charge in [-0.1, -0.05) is 12.1 Å². The smallest absolute Gasteiger partial charge is 0.126 e. The van der Waals surface area contributed by atoms with Crippen molar-refractivity contribution in [1.29, 1.82) is 0 Å². The minimum atomic E-state index is -0.0813. The molecule has 2 fully saturated rings. The Morgan fingerprint density at radius 1 is 1.39 bits per heavy atom. The Balaban J connectivity index is 1.64. The van der Waals surface area contributed by atoms with Gasteiger partial charge in [0.1, 0.15) is 5.82 Å². The fraction of sp³-hybridized carbons (Fsp3) is 0.600. The SMILES string of the molecule is Cc1ccc(CN2CC3CCCNC3C2)cc1F. The number of hydrogen-bond donors (Lipinski definition) is 1. The van der Waals surface area contributed by atoms with Crippen molar-refractivity contribution < 1.29 is 4.39 Å². The van der Waals surface area contributed by atoms with Crippen LogP contribution in [0.5, 0.6) is 0 Å². The van der Waals surface area contributed by atoms with E-state index in [0.29, 0.717) is 6.04 Å². The first-order valence-corrected chi connectivity index (χ1v) is 6.93. The molecule has 3 rings (SSSR count). The number of rotatable bonds is 2. The fourth-order valence-corrected chi connectivity index (χ4v) is 3.26. The zero-order chi connectivity index (χ0) is 12.5. The van der Waals surface area contributed by atoms with E-state index in [0.717, 1.165) is 43.2 Å². The minimum Gasteiger partial charge on any atom is -0.312 e. The lowest BCUT2D eigenvalue weighted by Crippen LogP contribution is -2.40. The molecular formula is C15H21FN2. The number of likely N-dealkylation sites (tertiary alicyclic amines) is 1. The third kappa shape index (κ3) is 2.43. The predicted octanol–water partition coefficient (Wildman–Crippen LogP) is 2.32. The molecule has 2 heterocycles. The van der Waals surface area contributed by atoms with Gasteiger partial charge >= 0.3 is 0 Å². The van der Waals surface area contributed by atoms with E-state index in [1.165, 1.54) is 12.8 Å². The first-order chi connectivity index (χ1) is 8.72. The molecule has 2 nitrogen and oxygen atoms in total. The van der Waals surface area contributed by atoms with E-state index in [-0.39, 0.29) is 5.82 Å². The number of halogens is 1. The molecule has 2 atom stereocenters. The van der Waals surface area contributed by atoms with Gasteiger partial charge in [-0.2, -0.15) is 0 Å². The Morgan fingerprint density at radius 2 is 2.28 bits per heavy atom. The number of nitrogens with zero attached hydrogens (tertiary/aromatic N) is 1. The van der Waals surface area contributed by atoms with E-state index in [1.807, 2.05) is 19.1 Å². The van der Waals surface area contributed by atoms with Crippen LogP contribution in [0.2, 0.25) is 0 Å². The van der Waals surface area contributed by atoms with Gasteiger partial charge in [-0.15, -0.1) is 0 Å². The van der Waals surface area contributed by atoms with E-state index >= 15 is 0 Å². The van der Waals surface area contributed by atoms with Gasteiger partial charge in [0.25, 0.3) is 0 Å². The van der Waals surface area contributed by atoms with Crippen molar-refractivity contribution in [3.05, 3.63) is 35.1 Å². The maximum atomic E-state index is 13.5. The predicted molar refractivity (Wildman–Crippen MR) is 70.9 cm³/mol. The third-order valence-electron chi connectivity index (χ3n) is 4.32. The van der Waals surface area contributed by atoms with Crippen LogP contribution in [0, 0.1) is 18.7 Å². The van der Waals surface area contributed by atoms with Crippen LogP contribution in [0.4, 0.5) is 4.39 Å². The highest BCUT2D eigenvalue weighted by Crippen LogP contribution is 2.26. The Morgan fingerprint density at radius 3 is 3.06 bits per heavy atom. The summed E-state index contributed by atoms with van der Waals surface area (Å²) in [6, 6.07) is 6.28. The van der Waals surface area contributed by atoms with Gasteiger partial charge in [0.05, 0.1) is 0 Å². The highest BCUT2D eigenvalue weighted by atomic mass is 19.1. The van der Waals surface area contributed by atoms with Gasteiger partial charge in [0, 0.05) is 25.7 Å². The van der Waals surface area contributed by atoms with Gasteiger partial charge in [-0.05, 0) is 49.4 Å². The first-order valence-electron chi connectivity index (χ1n) is 6.93. The number of benzene rings is 1. The summed E-state index contributed by atoms with van der Waals surface area (Å²) in [5, 5.41) is 3.60. The van der Waals surface area contributed by atoms with Gasteiger partial charge in [0.2, 0.25) is 0 Å². The highest BCUT2D eigenvalue weighted by Gasteiger charge is 2.33. The van der Waals surface area contributed by atoms with Crippen LogP contribution in [0.25, 0.3) is 0 Å². The van der Waals surface area contributed by atoms with E-state index in [9.17, 15) is 4.39 Å². The Hall–Kier alpha value is -0.930. The lowest BCUT2D eigenvalue weighted by Gasteiger charge is -2.24. The maximum Gasteiger partial charge on any atom is 0.126 e. The molecule has 0 aliphatic carbocycles. The van der Waals surface area contributed by atoms with Crippen molar-refractivity contribution in [3.63, 3.8) is 0 Å². The molecule has 0 aromatic heterocycles. The second-order valence-electron chi connectivity index (χ2n) is 5.74. The normalized spacial score (nSPS) is 28.3. The molecule has 1 aromatic rings. The maximum absolute atomic E-state index is 13.5. The van der Waals surface area contributed by atoms with Crippen molar-refractivity contribution in [2.75, 3.05) is 19.6 Å². The molecule has 98 valence electrons. The van der Waals surface area contributed by atoms with Crippen molar-refractivity contribution >= 4 is 0 Å². The van der Waals surface area contributed by atoms with Crippen LogP contribution in [0.1, 0.15) is 24.0 Å². The lowest BCUT2D eigenvalue weighted by molar-refractivity contribution is 0.312. The van der Waals surface area contributed by atoms with Gasteiger partial charge < -0.3 is 5.32 Å². The fourth-order valence-electron chi connectivity index (χ4n) is 3.26. The average molecular weight is 248 g/mol. The van der Waals surface area contributed by atoms with Crippen LogP contribution in [0.3, 0.4) is 0 Å². The number of hydrogen-bond acceptors (Lipinski definition) is 2. The second kappa shape index (κ2) is 4.98. The topological polar surface area (TPSA) is 15.3 Å². The molecule has 0 radical (unpaired) electrons. The molecule has 1 N–H and O–H groups in total. The molecule has 0 amide bonds. The summed E-state index contributed by atoms with van der Waals surface area (Å²) in [5.74, 6) is 0.719. The summed E-state index contributed by atoms with van der Waals surface area (Å²) in [7, 11) is 0. The van der Waals surface area contributed by atoms with Crippen LogP contribution in [0.15, 0.2) is 18.2 Å². The number of nitrogens with one attached hydrogen (secondary N) is 1. The monoisotopic (exact) mass is 248 g/mol. The Kier molecular flexibility index (Phi) is 3.35. The summed E-state index contributed by atoms with van der Waals surface area (Å²) in [6.45, 7) is 6.13. The molecule has 1 aromatic carbocycles. The van der Waals surface area contributed by atoms with Crippen molar-refractivity contribution in [1.82, 2.24) is 10.2 Å². The minimum absolute atomic E-state index is 0.0813. The van der Waals surface area contributed by atoms with Crippen LogP contribution in [-0.4, -0.2) is 30.6 Å². The standard InChI is InChI=1S/C15H21FN2/c1-11-4-5-12(7-14(11)16)8-18-9-13-3-2-6-17-15(13)10-18/h4-5,7,13,15,17H,2-3,6,8-10H2,1H3. The molecule has 0 spiro atoms. The summed E-state index contributed by atoms with van der Waals surface area (Å²) < 4.78 is 13.5. The van der Waals surface area contributed by atoms with E-state index in [4.69, 9.17) is 0 Å². The zero-order valence-electron chi connectivity index (χ0n) is 11.0. The zero-order valence-corrected chi connectivity index (χ0v) is 11.0. The molecule has 2 saturated heterocycles. The van der Waals surface area contributed by atoms with E-state index in [1.54, 1.807) is 6.07 Å². The quantitative estimate of drug-likeness (QED) is 0.864. The van der Waals surface area contributed by atoms with E-state index in [2.05, 4.69) is 10.2 Å². The van der Waals surface area contributed by atoms with Crippen molar-refractivity contribution in [2.45, 2.75) is 32.4 Å². The van der Waals surface area contributed by atoms with Crippen molar-refractivity contribution in [2.24, 2.45) is 5.92 Å². The first kappa shape index (κ1) is 12.1. The number of piperidine rings is 1. The lowest BCUT2D eigenvalue weighted by atomic mass is 9.94. The largest absolute Gasteiger partial charge is 0.312 e. The molecule has 2 unspecified atom stereocenters. The van der Waals surface area contributed by atoms with Crippen LogP contribution < -0.4 is 5.32 Å². The number of aryl methyl sites for hydroxylation is 1. The summed E-state index contributed by atoms with van der Waals surface area (Å²) in [5.41, 5.74) is 1.83. The molecule has 18 heavy (non-hydrogen) atoms.